The standard InChI is InChI=1S/C15H26N2O3/c1-11-7-3-6-10-17(11)13(18)12(2)16-14(19)15(20)8-4-5-9-15/h11-12,20H,3-10H2,1-2H3,(H,16,19). The first kappa shape index (κ1) is 15.3. The van der Waals surface area contributed by atoms with E-state index in [1.165, 1.54) is 0 Å². The molecular formula is C15H26N2O3. The molecule has 20 heavy (non-hydrogen) atoms. The van der Waals surface area contributed by atoms with Crippen LogP contribution in [0, 0.1) is 0 Å². The second-order valence-corrected chi connectivity index (χ2v) is 6.31. The molecule has 2 amide bonds. The topological polar surface area (TPSA) is 69.6 Å². The lowest BCUT2D eigenvalue weighted by molar-refractivity contribution is -0.145. The Hall–Kier alpha value is -1.10. The molecule has 0 bridgehead atoms. The van der Waals surface area contributed by atoms with E-state index in [9.17, 15) is 14.7 Å². The van der Waals surface area contributed by atoms with Gasteiger partial charge in [0.25, 0.3) is 5.91 Å². The largest absolute Gasteiger partial charge is 0.380 e. The van der Waals surface area contributed by atoms with E-state index in [1.54, 1.807) is 6.92 Å². The predicted octanol–water partition coefficient (Wildman–Crippen LogP) is 1.20. The molecule has 114 valence electrons. The van der Waals surface area contributed by atoms with Crippen molar-refractivity contribution < 1.29 is 14.7 Å². The van der Waals surface area contributed by atoms with Crippen LogP contribution in [-0.2, 0) is 9.59 Å². The van der Waals surface area contributed by atoms with Gasteiger partial charge >= 0.3 is 0 Å². The summed E-state index contributed by atoms with van der Waals surface area (Å²) >= 11 is 0. The van der Waals surface area contributed by atoms with Crippen molar-refractivity contribution in [3.05, 3.63) is 0 Å². The Kier molecular flexibility index (Phi) is 4.68. The molecule has 2 rings (SSSR count). The number of rotatable bonds is 3. The van der Waals surface area contributed by atoms with Crippen molar-refractivity contribution in [2.75, 3.05) is 6.54 Å². The Bertz CT molecular complexity index is 377. The maximum Gasteiger partial charge on any atom is 0.252 e. The van der Waals surface area contributed by atoms with E-state index in [0.29, 0.717) is 12.8 Å². The number of hydrogen-bond acceptors (Lipinski definition) is 3. The number of carbonyl (C=O) groups excluding carboxylic acids is 2. The van der Waals surface area contributed by atoms with Crippen LogP contribution < -0.4 is 5.32 Å². The fraction of sp³-hybridized carbons (Fsp3) is 0.867. The van der Waals surface area contributed by atoms with Crippen molar-refractivity contribution in [2.45, 2.75) is 76.5 Å². The summed E-state index contributed by atoms with van der Waals surface area (Å²) in [6, 6.07) is -0.321. The van der Waals surface area contributed by atoms with Crippen LogP contribution in [0.2, 0.25) is 0 Å². The second-order valence-electron chi connectivity index (χ2n) is 6.31. The van der Waals surface area contributed by atoms with Crippen LogP contribution in [0.3, 0.4) is 0 Å². The van der Waals surface area contributed by atoms with Gasteiger partial charge in [-0.15, -0.1) is 0 Å². The maximum atomic E-state index is 12.4. The zero-order valence-electron chi connectivity index (χ0n) is 12.5. The summed E-state index contributed by atoms with van der Waals surface area (Å²) in [5.41, 5.74) is -1.26. The van der Waals surface area contributed by atoms with Crippen molar-refractivity contribution >= 4 is 11.8 Å². The summed E-state index contributed by atoms with van der Waals surface area (Å²) in [6.07, 6.45) is 5.95. The lowest BCUT2D eigenvalue weighted by Gasteiger charge is -2.35. The fourth-order valence-electron chi connectivity index (χ4n) is 3.25. The number of piperidine rings is 1. The van der Waals surface area contributed by atoms with E-state index in [1.807, 2.05) is 4.90 Å². The molecule has 0 radical (unpaired) electrons. The van der Waals surface area contributed by atoms with Crippen molar-refractivity contribution in [3.63, 3.8) is 0 Å². The maximum absolute atomic E-state index is 12.4. The van der Waals surface area contributed by atoms with Gasteiger partial charge in [0.1, 0.15) is 11.6 Å². The highest BCUT2D eigenvalue weighted by Crippen LogP contribution is 2.29. The summed E-state index contributed by atoms with van der Waals surface area (Å²) in [6.45, 7) is 4.53. The third-order valence-corrected chi connectivity index (χ3v) is 4.66. The van der Waals surface area contributed by atoms with Crippen molar-refractivity contribution in [2.24, 2.45) is 0 Å². The Morgan fingerprint density at radius 2 is 1.90 bits per heavy atom. The van der Waals surface area contributed by atoms with Gasteiger partial charge in [0.2, 0.25) is 5.91 Å². The Morgan fingerprint density at radius 3 is 2.50 bits per heavy atom. The van der Waals surface area contributed by atoms with Gasteiger partial charge in [-0.3, -0.25) is 9.59 Å². The highest BCUT2D eigenvalue weighted by atomic mass is 16.3. The molecule has 2 aliphatic rings. The molecule has 1 aliphatic heterocycles. The number of aliphatic hydroxyl groups is 1. The lowest BCUT2D eigenvalue weighted by Crippen LogP contribution is -2.55. The van der Waals surface area contributed by atoms with Gasteiger partial charge in [-0.1, -0.05) is 0 Å². The lowest BCUT2D eigenvalue weighted by atomic mass is 10.00. The molecule has 0 aromatic carbocycles. The Labute approximate surface area is 120 Å². The predicted molar refractivity (Wildman–Crippen MR) is 76.0 cm³/mol. The summed E-state index contributed by atoms with van der Waals surface area (Å²) in [5, 5.41) is 12.9. The normalized spacial score (nSPS) is 27.1. The molecule has 1 saturated heterocycles. The Morgan fingerprint density at radius 1 is 1.25 bits per heavy atom. The van der Waals surface area contributed by atoms with Gasteiger partial charge in [-0.2, -0.15) is 0 Å². The summed E-state index contributed by atoms with van der Waals surface area (Å²) in [7, 11) is 0. The van der Waals surface area contributed by atoms with Crippen LogP contribution in [0.4, 0.5) is 0 Å². The highest BCUT2D eigenvalue weighted by Gasteiger charge is 2.40. The Balaban J connectivity index is 1.92. The molecule has 0 spiro atoms. The number of carbonyl (C=O) groups is 2. The van der Waals surface area contributed by atoms with Crippen molar-refractivity contribution in [1.82, 2.24) is 10.2 Å². The molecule has 5 nitrogen and oxygen atoms in total. The van der Waals surface area contributed by atoms with E-state index in [4.69, 9.17) is 0 Å². The van der Waals surface area contributed by atoms with E-state index < -0.39 is 11.6 Å². The summed E-state index contributed by atoms with van der Waals surface area (Å²) in [5.74, 6) is -0.423. The molecule has 2 fully saturated rings. The number of amides is 2. The number of likely N-dealkylation sites (tertiary alicyclic amines) is 1. The average Bonchev–Trinajstić information content (AvgIpc) is 2.87. The van der Waals surface area contributed by atoms with E-state index >= 15 is 0 Å². The number of hydrogen-bond donors (Lipinski definition) is 2. The van der Waals surface area contributed by atoms with Crippen LogP contribution in [-0.4, -0.2) is 46.1 Å². The van der Waals surface area contributed by atoms with Gasteiger partial charge < -0.3 is 15.3 Å². The molecule has 1 heterocycles. The number of nitrogens with one attached hydrogen (secondary N) is 1. The highest BCUT2D eigenvalue weighted by molar-refractivity contribution is 5.91. The summed E-state index contributed by atoms with van der Waals surface area (Å²) in [4.78, 5) is 26.4. The van der Waals surface area contributed by atoms with E-state index in [2.05, 4.69) is 12.2 Å². The van der Waals surface area contributed by atoms with Crippen molar-refractivity contribution in [1.29, 1.82) is 0 Å². The zero-order valence-corrected chi connectivity index (χ0v) is 12.5. The fourth-order valence-corrected chi connectivity index (χ4v) is 3.25. The van der Waals surface area contributed by atoms with Gasteiger partial charge in [-0.05, 0) is 58.8 Å². The second kappa shape index (κ2) is 6.12. The van der Waals surface area contributed by atoms with Crippen LogP contribution in [0.25, 0.3) is 0 Å². The molecule has 5 heteroatoms. The smallest absolute Gasteiger partial charge is 0.252 e. The molecule has 1 saturated carbocycles. The molecule has 2 atom stereocenters. The molecule has 2 unspecified atom stereocenters. The van der Waals surface area contributed by atoms with Gasteiger partial charge in [-0.25, -0.2) is 0 Å². The van der Waals surface area contributed by atoms with Gasteiger partial charge in [0, 0.05) is 12.6 Å². The zero-order chi connectivity index (χ0) is 14.8. The average molecular weight is 282 g/mol. The first-order chi connectivity index (χ1) is 9.44. The van der Waals surface area contributed by atoms with Crippen LogP contribution in [0.15, 0.2) is 0 Å². The number of nitrogens with zero attached hydrogens (tertiary/aromatic N) is 1. The molecule has 0 aromatic heterocycles. The molecule has 2 N–H and O–H groups in total. The van der Waals surface area contributed by atoms with Crippen molar-refractivity contribution in [3.8, 4) is 0 Å². The SMILES string of the molecule is CC(NC(=O)C1(O)CCCC1)C(=O)N1CCCCC1C. The molecule has 0 aromatic rings. The summed E-state index contributed by atoms with van der Waals surface area (Å²) < 4.78 is 0. The minimum atomic E-state index is -1.26. The molecular weight excluding hydrogens is 256 g/mol. The van der Waals surface area contributed by atoms with Gasteiger partial charge in [0.15, 0.2) is 0 Å². The van der Waals surface area contributed by atoms with Crippen LogP contribution in [0.1, 0.15) is 58.8 Å². The first-order valence-corrected chi connectivity index (χ1v) is 7.78. The van der Waals surface area contributed by atoms with Crippen LogP contribution >= 0.6 is 0 Å². The minimum absolute atomic E-state index is 0.0350. The quantitative estimate of drug-likeness (QED) is 0.817. The first-order valence-electron chi connectivity index (χ1n) is 7.78. The van der Waals surface area contributed by atoms with E-state index in [-0.39, 0.29) is 17.9 Å². The third-order valence-electron chi connectivity index (χ3n) is 4.66. The van der Waals surface area contributed by atoms with E-state index in [0.717, 1.165) is 38.6 Å². The van der Waals surface area contributed by atoms with Gasteiger partial charge in [0.05, 0.1) is 0 Å². The van der Waals surface area contributed by atoms with Crippen LogP contribution in [0.5, 0.6) is 0 Å². The minimum Gasteiger partial charge on any atom is -0.380 e. The molecule has 1 aliphatic carbocycles. The third kappa shape index (κ3) is 3.14. The monoisotopic (exact) mass is 282 g/mol.